The summed E-state index contributed by atoms with van der Waals surface area (Å²) >= 11 is 5.99. The van der Waals surface area contributed by atoms with Gasteiger partial charge < -0.3 is 15.6 Å². The number of nitrogens with zero attached hydrogens (tertiary/aromatic N) is 1. The van der Waals surface area contributed by atoms with E-state index in [9.17, 15) is 5.02 Å². The molecular formula is C14H23BClN3O. The van der Waals surface area contributed by atoms with Crippen molar-refractivity contribution in [2.75, 3.05) is 5.32 Å². The lowest BCUT2D eigenvalue weighted by Crippen LogP contribution is -2.45. The zero-order chi connectivity index (χ0) is 14.5. The number of aromatic nitrogens is 1. The van der Waals surface area contributed by atoms with Gasteiger partial charge in [0.1, 0.15) is 5.15 Å². The highest BCUT2D eigenvalue weighted by Crippen LogP contribution is 2.25. The van der Waals surface area contributed by atoms with Gasteiger partial charge in [-0.05, 0) is 50.6 Å². The van der Waals surface area contributed by atoms with Crippen molar-refractivity contribution in [3.05, 3.63) is 23.0 Å². The van der Waals surface area contributed by atoms with Gasteiger partial charge in [0.15, 0.2) is 0 Å². The highest BCUT2D eigenvalue weighted by molar-refractivity contribution is 6.45. The standard InChI is InChI=1S/C14H23BClN3O/c1-3-10-9-17-14(16)8-13(10)18-11-5-4-6-12(7-11)19-15(2)20/h8-9,11-12,19-20H,3-7H2,1-2H3,(H,17,18). The molecule has 1 fully saturated rings. The van der Waals surface area contributed by atoms with Gasteiger partial charge in [0.05, 0.1) is 0 Å². The summed E-state index contributed by atoms with van der Waals surface area (Å²) in [6.07, 6.45) is 7.26. The Balaban J connectivity index is 2.00. The van der Waals surface area contributed by atoms with Crippen LogP contribution in [0.5, 0.6) is 0 Å². The van der Waals surface area contributed by atoms with E-state index in [-0.39, 0.29) is 0 Å². The predicted octanol–water partition coefficient (Wildman–Crippen LogP) is 2.72. The molecule has 1 aromatic rings. The lowest BCUT2D eigenvalue weighted by Gasteiger charge is -2.32. The topological polar surface area (TPSA) is 57.2 Å². The van der Waals surface area contributed by atoms with E-state index in [1.807, 2.05) is 12.3 Å². The molecule has 2 atom stereocenters. The normalized spacial score (nSPS) is 22.6. The van der Waals surface area contributed by atoms with Crippen molar-refractivity contribution in [3.63, 3.8) is 0 Å². The molecule has 0 aliphatic heterocycles. The lowest BCUT2D eigenvalue weighted by atomic mass is 9.82. The largest absolute Gasteiger partial charge is 0.437 e. The van der Waals surface area contributed by atoms with Crippen LogP contribution in [0.25, 0.3) is 0 Å². The minimum Gasteiger partial charge on any atom is -0.437 e. The molecular weight excluding hydrogens is 272 g/mol. The Bertz CT molecular complexity index is 444. The first-order chi connectivity index (χ1) is 9.58. The molecule has 0 radical (unpaired) electrons. The molecule has 4 nitrogen and oxygen atoms in total. The van der Waals surface area contributed by atoms with Crippen LogP contribution in [0.4, 0.5) is 5.69 Å². The maximum Gasteiger partial charge on any atom is 0.373 e. The van der Waals surface area contributed by atoms with Gasteiger partial charge in [-0.1, -0.05) is 18.5 Å². The first-order valence-electron chi connectivity index (χ1n) is 7.43. The van der Waals surface area contributed by atoms with E-state index < -0.39 is 7.05 Å². The van der Waals surface area contributed by atoms with Crippen LogP contribution in [0.15, 0.2) is 12.3 Å². The van der Waals surface area contributed by atoms with Crippen LogP contribution in [0.1, 0.15) is 38.2 Å². The van der Waals surface area contributed by atoms with Crippen LogP contribution in [0.3, 0.4) is 0 Å². The van der Waals surface area contributed by atoms with Crippen LogP contribution in [-0.2, 0) is 6.42 Å². The van der Waals surface area contributed by atoms with Crippen molar-refractivity contribution in [2.45, 2.75) is 57.9 Å². The van der Waals surface area contributed by atoms with E-state index in [0.29, 0.717) is 17.2 Å². The van der Waals surface area contributed by atoms with Crippen molar-refractivity contribution in [1.82, 2.24) is 10.2 Å². The molecule has 1 saturated carbocycles. The summed E-state index contributed by atoms with van der Waals surface area (Å²) in [5.74, 6) is 0. The molecule has 1 aliphatic carbocycles. The first-order valence-corrected chi connectivity index (χ1v) is 7.81. The van der Waals surface area contributed by atoms with E-state index in [0.717, 1.165) is 31.4 Å². The van der Waals surface area contributed by atoms with Crippen LogP contribution in [0, 0.1) is 0 Å². The van der Waals surface area contributed by atoms with Gasteiger partial charge in [0.2, 0.25) is 0 Å². The van der Waals surface area contributed by atoms with Crippen LogP contribution in [-0.4, -0.2) is 29.1 Å². The SMILES string of the molecule is CCc1cnc(Cl)cc1NC1CCCC(NB(C)O)C1. The minimum absolute atomic E-state index is 0.378. The molecule has 0 bridgehead atoms. The Hall–Kier alpha value is -0.775. The maximum absolute atomic E-state index is 9.44. The summed E-state index contributed by atoms with van der Waals surface area (Å²) in [7, 11) is -0.444. The van der Waals surface area contributed by atoms with Gasteiger partial charge in [0, 0.05) is 24.0 Å². The molecule has 0 spiro atoms. The van der Waals surface area contributed by atoms with Crippen molar-refractivity contribution < 1.29 is 5.02 Å². The second kappa shape index (κ2) is 7.30. The van der Waals surface area contributed by atoms with E-state index in [1.165, 1.54) is 12.0 Å². The zero-order valence-corrected chi connectivity index (χ0v) is 13.0. The average Bonchev–Trinajstić information content (AvgIpc) is 2.38. The number of rotatable bonds is 5. The maximum atomic E-state index is 9.44. The molecule has 3 N–H and O–H groups in total. The third-order valence-corrected chi connectivity index (χ3v) is 4.05. The van der Waals surface area contributed by atoms with Gasteiger partial charge in [-0.25, -0.2) is 4.98 Å². The second-order valence-corrected chi connectivity index (χ2v) is 5.95. The molecule has 1 aromatic heterocycles. The fraction of sp³-hybridized carbons (Fsp3) is 0.643. The van der Waals surface area contributed by atoms with E-state index in [2.05, 4.69) is 22.5 Å². The summed E-state index contributed by atoms with van der Waals surface area (Å²) in [5.41, 5.74) is 2.29. The third-order valence-electron chi connectivity index (χ3n) is 3.84. The smallest absolute Gasteiger partial charge is 0.373 e. The molecule has 20 heavy (non-hydrogen) atoms. The second-order valence-electron chi connectivity index (χ2n) is 5.57. The van der Waals surface area contributed by atoms with E-state index in [4.69, 9.17) is 11.6 Å². The molecule has 1 heterocycles. The van der Waals surface area contributed by atoms with Crippen LogP contribution >= 0.6 is 11.6 Å². The number of nitrogens with one attached hydrogen (secondary N) is 2. The number of halogens is 1. The molecule has 0 amide bonds. The Kier molecular flexibility index (Phi) is 5.69. The van der Waals surface area contributed by atoms with Gasteiger partial charge in [0.25, 0.3) is 0 Å². The Morgan fingerprint density at radius 2 is 2.20 bits per heavy atom. The molecule has 1 aliphatic rings. The Morgan fingerprint density at radius 3 is 2.90 bits per heavy atom. The molecule has 0 saturated heterocycles. The summed E-state index contributed by atoms with van der Waals surface area (Å²) in [6.45, 7) is 3.89. The number of anilines is 1. The van der Waals surface area contributed by atoms with Crippen molar-refractivity contribution >= 4 is 24.3 Å². The van der Waals surface area contributed by atoms with E-state index in [1.54, 1.807) is 6.82 Å². The van der Waals surface area contributed by atoms with Crippen molar-refractivity contribution in [2.24, 2.45) is 0 Å². The molecule has 0 aromatic carbocycles. The lowest BCUT2D eigenvalue weighted by molar-refractivity contribution is 0.375. The summed E-state index contributed by atoms with van der Waals surface area (Å²) in [5, 5.41) is 16.8. The first kappa shape index (κ1) is 15.6. The predicted molar refractivity (Wildman–Crippen MR) is 85.3 cm³/mol. The summed E-state index contributed by atoms with van der Waals surface area (Å²) in [6, 6.07) is 2.71. The van der Waals surface area contributed by atoms with Gasteiger partial charge in [-0.2, -0.15) is 0 Å². The minimum atomic E-state index is -0.444. The van der Waals surface area contributed by atoms with Gasteiger partial charge in [-0.3, -0.25) is 0 Å². The quantitative estimate of drug-likeness (QED) is 0.577. The van der Waals surface area contributed by atoms with Gasteiger partial charge >= 0.3 is 7.05 Å². The summed E-state index contributed by atoms with van der Waals surface area (Å²) in [4.78, 5) is 4.14. The number of hydrogen-bond acceptors (Lipinski definition) is 4. The highest BCUT2D eigenvalue weighted by Gasteiger charge is 2.23. The average molecular weight is 296 g/mol. The fourth-order valence-corrected chi connectivity index (χ4v) is 3.07. The van der Waals surface area contributed by atoms with Gasteiger partial charge in [-0.15, -0.1) is 0 Å². The Morgan fingerprint density at radius 1 is 1.45 bits per heavy atom. The number of aryl methyl sites for hydroxylation is 1. The van der Waals surface area contributed by atoms with Crippen molar-refractivity contribution in [3.8, 4) is 0 Å². The molecule has 2 unspecified atom stereocenters. The molecule has 110 valence electrons. The number of pyridine rings is 1. The highest BCUT2D eigenvalue weighted by atomic mass is 35.5. The molecule has 6 heteroatoms. The Labute approximate surface area is 126 Å². The summed E-state index contributed by atoms with van der Waals surface area (Å²) < 4.78 is 0. The third kappa shape index (κ3) is 4.37. The zero-order valence-electron chi connectivity index (χ0n) is 12.2. The van der Waals surface area contributed by atoms with E-state index >= 15 is 0 Å². The van der Waals surface area contributed by atoms with Crippen LogP contribution < -0.4 is 10.5 Å². The molecule has 2 rings (SSSR count). The number of hydrogen-bond donors (Lipinski definition) is 3. The fourth-order valence-electron chi connectivity index (χ4n) is 2.91. The van der Waals surface area contributed by atoms with Crippen molar-refractivity contribution in [1.29, 1.82) is 0 Å². The van der Waals surface area contributed by atoms with Crippen LogP contribution in [0.2, 0.25) is 12.0 Å². The monoisotopic (exact) mass is 295 g/mol.